The van der Waals surface area contributed by atoms with Gasteiger partial charge in [-0.1, -0.05) is 0 Å². The maximum absolute atomic E-state index is 12.5. The van der Waals surface area contributed by atoms with Crippen molar-refractivity contribution < 1.29 is 18.3 Å². The highest BCUT2D eigenvalue weighted by Gasteiger charge is 2.33. The maximum atomic E-state index is 12.5. The van der Waals surface area contributed by atoms with Crippen molar-refractivity contribution in [2.45, 2.75) is 23.8 Å². The van der Waals surface area contributed by atoms with Crippen molar-refractivity contribution in [3.8, 4) is 0 Å². The standard InChI is InChI=1S/C13H19N3O4S/c1-14-9-11(21(19,20)16-4-2-3-5-16)6-12(14)13(18)15-7-10(17)8-15/h6,9-10,17H,2-5,7-8H2,1H3. The normalized spacial score (nSPS) is 20.8. The summed E-state index contributed by atoms with van der Waals surface area (Å²) in [5, 5.41) is 9.26. The molecule has 0 bridgehead atoms. The summed E-state index contributed by atoms with van der Waals surface area (Å²) in [6.07, 6.45) is 2.77. The Labute approximate surface area is 123 Å². The van der Waals surface area contributed by atoms with Crippen molar-refractivity contribution in [2.75, 3.05) is 26.2 Å². The fraction of sp³-hybridized carbons (Fsp3) is 0.615. The Bertz CT molecular complexity index is 655. The van der Waals surface area contributed by atoms with E-state index in [1.54, 1.807) is 7.05 Å². The molecule has 3 heterocycles. The summed E-state index contributed by atoms with van der Waals surface area (Å²) in [5.41, 5.74) is 0.333. The van der Waals surface area contributed by atoms with E-state index >= 15 is 0 Å². The maximum Gasteiger partial charge on any atom is 0.270 e. The molecule has 0 unspecified atom stereocenters. The monoisotopic (exact) mass is 313 g/mol. The minimum Gasteiger partial charge on any atom is -0.389 e. The van der Waals surface area contributed by atoms with Crippen molar-refractivity contribution >= 4 is 15.9 Å². The number of likely N-dealkylation sites (tertiary alicyclic amines) is 1. The molecule has 21 heavy (non-hydrogen) atoms. The molecule has 1 amide bonds. The van der Waals surface area contributed by atoms with Crippen LogP contribution >= 0.6 is 0 Å². The molecule has 1 aromatic rings. The molecule has 1 N–H and O–H groups in total. The van der Waals surface area contributed by atoms with E-state index in [1.165, 1.54) is 26.0 Å². The number of nitrogens with zero attached hydrogens (tertiary/aromatic N) is 3. The second-order valence-electron chi connectivity index (χ2n) is 5.65. The Morgan fingerprint density at radius 2 is 1.90 bits per heavy atom. The average molecular weight is 313 g/mol. The van der Waals surface area contributed by atoms with Gasteiger partial charge in [-0.05, 0) is 18.9 Å². The molecule has 116 valence electrons. The third-order valence-electron chi connectivity index (χ3n) is 4.05. The average Bonchev–Trinajstić information content (AvgIpc) is 3.03. The molecule has 2 saturated heterocycles. The molecular weight excluding hydrogens is 294 g/mol. The first-order chi connectivity index (χ1) is 9.89. The molecule has 8 heteroatoms. The van der Waals surface area contributed by atoms with E-state index in [9.17, 15) is 18.3 Å². The van der Waals surface area contributed by atoms with E-state index in [0.717, 1.165) is 12.8 Å². The van der Waals surface area contributed by atoms with Crippen LogP contribution in [-0.2, 0) is 17.1 Å². The van der Waals surface area contributed by atoms with Gasteiger partial charge in [-0.15, -0.1) is 0 Å². The Morgan fingerprint density at radius 3 is 2.48 bits per heavy atom. The van der Waals surface area contributed by atoms with E-state index in [-0.39, 0.29) is 10.8 Å². The van der Waals surface area contributed by atoms with E-state index in [0.29, 0.717) is 31.9 Å². The molecule has 7 nitrogen and oxygen atoms in total. The lowest BCUT2D eigenvalue weighted by Crippen LogP contribution is -2.53. The van der Waals surface area contributed by atoms with Crippen molar-refractivity contribution in [1.82, 2.24) is 13.8 Å². The number of aromatic nitrogens is 1. The van der Waals surface area contributed by atoms with E-state index < -0.39 is 16.1 Å². The van der Waals surface area contributed by atoms with Gasteiger partial charge in [0.05, 0.1) is 6.10 Å². The Hall–Kier alpha value is -1.38. The van der Waals surface area contributed by atoms with Crippen LogP contribution in [-0.4, -0.2) is 65.5 Å². The lowest BCUT2D eigenvalue weighted by Gasteiger charge is -2.35. The summed E-state index contributed by atoms with van der Waals surface area (Å²) in [7, 11) is -1.85. The molecule has 0 saturated carbocycles. The molecule has 1 aromatic heterocycles. The molecule has 0 spiro atoms. The predicted molar refractivity (Wildman–Crippen MR) is 75.3 cm³/mol. The van der Waals surface area contributed by atoms with Crippen LogP contribution in [0.3, 0.4) is 0 Å². The molecule has 3 rings (SSSR count). The smallest absolute Gasteiger partial charge is 0.270 e. The zero-order valence-electron chi connectivity index (χ0n) is 11.9. The van der Waals surface area contributed by atoms with Crippen LogP contribution in [0.2, 0.25) is 0 Å². The number of sulfonamides is 1. The first-order valence-electron chi connectivity index (χ1n) is 7.03. The Balaban J connectivity index is 1.85. The van der Waals surface area contributed by atoms with Gasteiger partial charge in [0.1, 0.15) is 10.6 Å². The zero-order chi connectivity index (χ0) is 15.2. The first kappa shape index (κ1) is 14.6. The van der Waals surface area contributed by atoms with Gasteiger partial charge in [-0.3, -0.25) is 4.79 Å². The molecule has 0 aromatic carbocycles. The quantitative estimate of drug-likeness (QED) is 0.825. The molecule has 0 atom stereocenters. The van der Waals surface area contributed by atoms with Crippen LogP contribution in [0.4, 0.5) is 0 Å². The van der Waals surface area contributed by atoms with Crippen LogP contribution in [0.5, 0.6) is 0 Å². The summed E-state index contributed by atoms with van der Waals surface area (Å²) >= 11 is 0. The van der Waals surface area contributed by atoms with Crippen LogP contribution in [0.1, 0.15) is 23.3 Å². The molecule has 2 aliphatic heterocycles. The minimum atomic E-state index is -3.51. The molecular formula is C13H19N3O4S. The number of carbonyl (C=O) groups is 1. The Morgan fingerprint density at radius 1 is 1.29 bits per heavy atom. The largest absolute Gasteiger partial charge is 0.389 e. The number of hydrogen-bond acceptors (Lipinski definition) is 4. The topological polar surface area (TPSA) is 82.9 Å². The summed E-state index contributed by atoms with van der Waals surface area (Å²) in [4.78, 5) is 13.9. The highest BCUT2D eigenvalue weighted by molar-refractivity contribution is 7.89. The van der Waals surface area contributed by atoms with Gasteiger partial charge < -0.3 is 14.6 Å². The van der Waals surface area contributed by atoms with Crippen molar-refractivity contribution in [1.29, 1.82) is 0 Å². The predicted octanol–water partition coefficient (Wildman–Crippen LogP) is -0.374. The number of aliphatic hydroxyl groups is 1. The number of hydrogen-bond donors (Lipinski definition) is 1. The summed E-state index contributed by atoms with van der Waals surface area (Å²) in [6.45, 7) is 1.69. The first-order valence-corrected chi connectivity index (χ1v) is 8.47. The third kappa shape index (κ3) is 2.47. The second-order valence-corrected chi connectivity index (χ2v) is 7.59. The number of amides is 1. The molecule has 2 fully saturated rings. The van der Waals surface area contributed by atoms with E-state index in [2.05, 4.69) is 0 Å². The fourth-order valence-electron chi connectivity index (χ4n) is 2.75. The molecule has 2 aliphatic rings. The van der Waals surface area contributed by atoms with Gasteiger partial charge in [-0.25, -0.2) is 8.42 Å². The van der Waals surface area contributed by atoms with Gasteiger partial charge in [0, 0.05) is 39.4 Å². The highest BCUT2D eigenvalue weighted by atomic mass is 32.2. The van der Waals surface area contributed by atoms with Gasteiger partial charge in [0.25, 0.3) is 5.91 Å². The van der Waals surface area contributed by atoms with Crippen molar-refractivity contribution in [3.05, 3.63) is 18.0 Å². The van der Waals surface area contributed by atoms with Crippen LogP contribution in [0, 0.1) is 0 Å². The van der Waals surface area contributed by atoms with Crippen LogP contribution in [0.25, 0.3) is 0 Å². The van der Waals surface area contributed by atoms with E-state index in [4.69, 9.17) is 0 Å². The molecule has 0 radical (unpaired) electrons. The SMILES string of the molecule is Cn1cc(S(=O)(=O)N2CCCC2)cc1C(=O)N1CC(O)C1. The summed E-state index contributed by atoms with van der Waals surface area (Å²) < 4.78 is 28.0. The number of aliphatic hydroxyl groups excluding tert-OH is 1. The number of carbonyl (C=O) groups excluding carboxylic acids is 1. The number of β-amino-alcohol motifs (C(OH)–C–C–N with tert-alkyl or cyclic N) is 1. The van der Waals surface area contributed by atoms with Crippen molar-refractivity contribution in [3.63, 3.8) is 0 Å². The van der Waals surface area contributed by atoms with Gasteiger partial charge >= 0.3 is 0 Å². The minimum absolute atomic E-state index is 0.163. The van der Waals surface area contributed by atoms with Crippen LogP contribution in [0.15, 0.2) is 17.2 Å². The Kier molecular flexibility index (Phi) is 3.54. The lowest BCUT2D eigenvalue weighted by atomic mass is 10.1. The zero-order valence-corrected chi connectivity index (χ0v) is 12.7. The van der Waals surface area contributed by atoms with Gasteiger partial charge in [0.2, 0.25) is 10.0 Å². The lowest BCUT2D eigenvalue weighted by molar-refractivity contribution is 0.00526. The third-order valence-corrected chi connectivity index (χ3v) is 5.92. The number of aryl methyl sites for hydroxylation is 1. The molecule has 0 aliphatic carbocycles. The second kappa shape index (κ2) is 5.11. The fourth-order valence-corrected chi connectivity index (χ4v) is 4.34. The van der Waals surface area contributed by atoms with Gasteiger partial charge in [-0.2, -0.15) is 4.31 Å². The summed E-state index contributed by atoms with van der Waals surface area (Å²) in [5.74, 6) is -0.245. The highest BCUT2D eigenvalue weighted by Crippen LogP contribution is 2.23. The number of rotatable bonds is 3. The van der Waals surface area contributed by atoms with Crippen molar-refractivity contribution in [2.24, 2.45) is 7.05 Å². The summed E-state index contributed by atoms with van der Waals surface area (Å²) in [6, 6.07) is 1.43. The van der Waals surface area contributed by atoms with E-state index in [1.807, 2.05) is 0 Å². The van der Waals surface area contributed by atoms with Crippen LogP contribution < -0.4 is 0 Å². The van der Waals surface area contributed by atoms with Gasteiger partial charge in [0.15, 0.2) is 0 Å².